The second kappa shape index (κ2) is 7.69. The molecule has 0 unspecified atom stereocenters. The van der Waals surface area contributed by atoms with Crippen molar-refractivity contribution in [3.63, 3.8) is 0 Å². The molecule has 2 heterocycles. The summed E-state index contributed by atoms with van der Waals surface area (Å²) in [6, 6.07) is 8.34. The molecular weight excluding hydrogens is 487 g/mol. The Morgan fingerprint density at radius 2 is 2.08 bits per heavy atom. The molecule has 0 aliphatic heterocycles. The summed E-state index contributed by atoms with van der Waals surface area (Å²) in [7, 11) is 0. The number of hydrogen-bond donors (Lipinski definition) is 1. The van der Waals surface area contributed by atoms with Crippen LogP contribution in [0.25, 0.3) is 5.82 Å². The highest BCUT2D eigenvalue weighted by molar-refractivity contribution is 9.10. The van der Waals surface area contributed by atoms with Crippen molar-refractivity contribution in [3.05, 3.63) is 67.4 Å². The minimum Gasteiger partial charge on any atom is -0.320 e. The highest BCUT2D eigenvalue weighted by Gasteiger charge is 2.20. The van der Waals surface area contributed by atoms with E-state index in [1.807, 2.05) is 6.07 Å². The van der Waals surface area contributed by atoms with Crippen LogP contribution in [0.1, 0.15) is 26.4 Å². The number of nitrogens with one attached hydrogen (secondary N) is 1. The van der Waals surface area contributed by atoms with Crippen LogP contribution in [0.4, 0.5) is 5.69 Å². The molecule has 1 amide bonds. The molecule has 0 aliphatic carbocycles. The number of rotatable bonds is 4. The lowest BCUT2D eigenvalue weighted by Gasteiger charge is -2.12. The summed E-state index contributed by atoms with van der Waals surface area (Å²) in [5.74, 6) is -0.119. The largest absolute Gasteiger partial charge is 0.320 e. The summed E-state index contributed by atoms with van der Waals surface area (Å²) in [5.41, 5.74) is 1.77. The third-order valence-electron chi connectivity index (χ3n) is 3.55. The molecule has 0 fully saturated rings. The molecule has 1 N–H and O–H groups in total. The maximum atomic E-state index is 12.8. The van der Waals surface area contributed by atoms with Crippen LogP contribution in [-0.4, -0.2) is 27.0 Å². The Bertz CT molecular complexity index is 1020. The molecule has 0 saturated carbocycles. The Morgan fingerprint density at radius 1 is 1.31 bits per heavy atom. The van der Waals surface area contributed by atoms with Crippen molar-refractivity contribution in [2.24, 2.45) is 0 Å². The van der Waals surface area contributed by atoms with Gasteiger partial charge in [-0.2, -0.15) is 5.10 Å². The molecule has 26 heavy (non-hydrogen) atoms. The van der Waals surface area contributed by atoms with Gasteiger partial charge in [-0.1, -0.05) is 27.5 Å². The molecule has 132 valence electrons. The quantitative estimate of drug-likeness (QED) is 0.524. The number of nitrogens with zero attached hydrogens (tertiary/aromatic N) is 3. The number of hydrogen-bond acceptors (Lipinski definition) is 4. The van der Waals surface area contributed by atoms with Crippen molar-refractivity contribution < 1.29 is 9.59 Å². The van der Waals surface area contributed by atoms with Crippen LogP contribution in [0.2, 0.25) is 5.02 Å². The summed E-state index contributed by atoms with van der Waals surface area (Å²) in [4.78, 5) is 28.4. The van der Waals surface area contributed by atoms with E-state index in [1.165, 1.54) is 4.68 Å². The number of aryl methyl sites for hydroxylation is 1. The Kier molecular flexibility index (Phi) is 5.55. The van der Waals surface area contributed by atoms with Crippen molar-refractivity contribution in [3.8, 4) is 5.82 Å². The lowest BCUT2D eigenvalue weighted by Crippen LogP contribution is -2.19. The van der Waals surface area contributed by atoms with Gasteiger partial charge in [-0.3, -0.25) is 9.59 Å². The van der Waals surface area contributed by atoms with Crippen LogP contribution >= 0.6 is 43.5 Å². The van der Waals surface area contributed by atoms with Gasteiger partial charge in [0.2, 0.25) is 0 Å². The van der Waals surface area contributed by atoms with E-state index in [-0.39, 0.29) is 5.69 Å². The molecule has 2 aromatic heterocycles. The fraction of sp³-hybridized carbons (Fsp3) is 0.0588. The molecular formula is C17H11Br2ClN4O2. The monoisotopic (exact) mass is 496 g/mol. The van der Waals surface area contributed by atoms with Crippen LogP contribution in [0.3, 0.4) is 0 Å². The van der Waals surface area contributed by atoms with Gasteiger partial charge in [-0.15, -0.1) is 0 Å². The summed E-state index contributed by atoms with van der Waals surface area (Å²) in [5, 5.41) is 7.36. The van der Waals surface area contributed by atoms with E-state index < -0.39 is 5.91 Å². The second-order valence-corrected chi connectivity index (χ2v) is 7.47. The van der Waals surface area contributed by atoms with Crippen molar-refractivity contribution in [2.75, 3.05) is 5.32 Å². The standard InChI is InChI=1S/C17H11Br2ClN4O2/c1-9-5-11(18)6-10(8-25)15(9)22-17(26)13-7-14(19)23-24(13)16-12(20)3-2-4-21-16/h2-8H,1H3,(H,22,26). The normalized spacial score (nSPS) is 10.6. The van der Waals surface area contributed by atoms with Crippen molar-refractivity contribution in [1.82, 2.24) is 14.8 Å². The van der Waals surface area contributed by atoms with E-state index in [9.17, 15) is 9.59 Å². The van der Waals surface area contributed by atoms with E-state index in [4.69, 9.17) is 11.6 Å². The average Bonchev–Trinajstić information content (AvgIpc) is 2.99. The first-order valence-corrected chi connectivity index (χ1v) is 9.30. The maximum absolute atomic E-state index is 12.8. The predicted molar refractivity (Wildman–Crippen MR) is 106 cm³/mol. The van der Waals surface area contributed by atoms with Crippen LogP contribution in [0.5, 0.6) is 0 Å². The van der Waals surface area contributed by atoms with Crippen LogP contribution in [0.15, 0.2) is 45.6 Å². The van der Waals surface area contributed by atoms with Gasteiger partial charge in [0, 0.05) is 22.3 Å². The molecule has 1 aromatic carbocycles. The number of halogens is 3. The first kappa shape index (κ1) is 18.8. The SMILES string of the molecule is Cc1cc(Br)cc(C=O)c1NC(=O)c1cc(Br)nn1-c1ncccc1Cl. The van der Waals surface area contributed by atoms with E-state index in [0.29, 0.717) is 33.0 Å². The molecule has 0 radical (unpaired) electrons. The molecule has 9 heteroatoms. The molecule has 6 nitrogen and oxygen atoms in total. The van der Waals surface area contributed by atoms with Gasteiger partial charge in [0.25, 0.3) is 5.91 Å². The summed E-state index contributed by atoms with van der Waals surface area (Å²) in [6.45, 7) is 1.80. The molecule has 0 bridgehead atoms. The van der Waals surface area contributed by atoms with Gasteiger partial charge in [-0.25, -0.2) is 9.67 Å². The third kappa shape index (κ3) is 3.72. The summed E-state index contributed by atoms with van der Waals surface area (Å²) >= 11 is 12.8. The lowest BCUT2D eigenvalue weighted by atomic mass is 10.1. The minimum atomic E-state index is -0.446. The number of aromatic nitrogens is 3. The number of carbonyl (C=O) groups is 2. The topological polar surface area (TPSA) is 76.9 Å². The number of amides is 1. The number of benzene rings is 1. The predicted octanol–water partition coefficient (Wildman–Crippen LogP) is 4.82. The highest BCUT2D eigenvalue weighted by atomic mass is 79.9. The number of pyridine rings is 1. The zero-order chi connectivity index (χ0) is 18.8. The van der Waals surface area contributed by atoms with Crippen molar-refractivity contribution in [2.45, 2.75) is 6.92 Å². The maximum Gasteiger partial charge on any atom is 0.274 e. The van der Waals surface area contributed by atoms with E-state index in [1.54, 1.807) is 37.4 Å². The Morgan fingerprint density at radius 3 is 2.77 bits per heavy atom. The lowest BCUT2D eigenvalue weighted by molar-refractivity contribution is 0.101. The van der Waals surface area contributed by atoms with Gasteiger partial charge in [-0.05, 0) is 52.7 Å². The molecule has 0 saturated heterocycles. The highest BCUT2D eigenvalue weighted by Crippen LogP contribution is 2.26. The van der Waals surface area contributed by atoms with E-state index >= 15 is 0 Å². The smallest absolute Gasteiger partial charge is 0.274 e. The Hall–Kier alpha value is -2.03. The molecule has 0 atom stereocenters. The first-order valence-electron chi connectivity index (χ1n) is 7.34. The van der Waals surface area contributed by atoms with Gasteiger partial charge in [0.15, 0.2) is 12.1 Å². The van der Waals surface area contributed by atoms with Crippen molar-refractivity contribution >= 4 is 61.3 Å². The Labute approximate surface area is 170 Å². The molecule has 0 spiro atoms. The zero-order valence-corrected chi connectivity index (χ0v) is 17.3. The summed E-state index contributed by atoms with van der Waals surface area (Å²) < 4.78 is 2.55. The molecule has 3 aromatic rings. The van der Waals surface area contributed by atoms with Gasteiger partial charge in [0.05, 0.1) is 10.7 Å². The number of anilines is 1. The average molecular weight is 499 g/mol. The second-order valence-electron chi connectivity index (χ2n) is 5.33. The number of aldehydes is 1. The number of carbonyl (C=O) groups excluding carboxylic acids is 2. The van der Waals surface area contributed by atoms with Crippen LogP contribution < -0.4 is 5.32 Å². The molecule has 3 rings (SSSR count). The van der Waals surface area contributed by atoms with Gasteiger partial charge in [0.1, 0.15) is 10.3 Å². The van der Waals surface area contributed by atoms with Crippen LogP contribution in [-0.2, 0) is 0 Å². The fourth-order valence-electron chi connectivity index (χ4n) is 2.42. The molecule has 0 aliphatic rings. The fourth-order valence-corrected chi connectivity index (χ4v) is 3.59. The van der Waals surface area contributed by atoms with Crippen molar-refractivity contribution in [1.29, 1.82) is 0 Å². The first-order chi connectivity index (χ1) is 12.4. The van der Waals surface area contributed by atoms with E-state index in [0.717, 1.165) is 10.0 Å². The zero-order valence-electron chi connectivity index (χ0n) is 13.3. The third-order valence-corrected chi connectivity index (χ3v) is 4.69. The minimum absolute atomic E-state index is 0.219. The van der Waals surface area contributed by atoms with Gasteiger partial charge < -0.3 is 5.32 Å². The Balaban J connectivity index is 2.03. The summed E-state index contributed by atoms with van der Waals surface area (Å²) in [6.07, 6.45) is 2.25. The van der Waals surface area contributed by atoms with Gasteiger partial charge >= 0.3 is 0 Å². The van der Waals surface area contributed by atoms with E-state index in [2.05, 4.69) is 47.3 Å². The van der Waals surface area contributed by atoms with Crippen LogP contribution in [0, 0.1) is 6.92 Å².